The first-order valence-corrected chi connectivity index (χ1v) is 8.27. The fraction of sp³-hybridized carbons (Fsp3) is 0.353. The second-order valence-electron chi connectivity index (χ2n) is 6.42. The normalized spacial score (nSPS) is 15.1. The Morgan fingerprint density at radius 2 is 2.00 bits per heavy atom. The molecule has 0 unspecified atom stereocenters. The fourth-order valence-electron chi connectivity index (χ4n) is 2.80. The second-order valence-corrected chi connectivity index (χ2v) is 6.83. The zero-order valence-corrected chi connectivity index (χ0v) is 15.4. The molecule has 1 aromatic heterocycles. The molecular weight excluding hydrogens is 387 g/mol. The van der Waals surface area contributed by atoms with E-state index in [0.29, 0.717) is 11.1 Å². The zero-order chi connectivity index (χ0) is 20.1. The number of nitrogens with zero attached hydrogens (tertiary/aromatic N) is 3. The van der Waals surface area contributed by atoms with E-state index in [1.165, 1.54) is 23.1 Å². The van der Waals surface area contributed by atoms with Crippen molar-refractivity contribution >= 4 is 23.4 Å². The molecule has 0 N–H and O–H groups in total. The van der Waals surface area contributed by atoms with E-state index in [2.05, 4.69) is 5.16 Å². The maximum absolute atomic E-state index is 13.0. The lowest BCUT2D eigenvalue weighted by Gasteiger charge is -2.26. The number of rotatable bonds is 3. The molecule has 0 bridgehead atoms. The van der Waals surface area contributed by atoms with Gasteiger partial charge in [0.2, 0.25) is 0 Å². The van der Waals surface area contributed by atoms with Crippen LogP contribution in [-0.4, -0.2) is 53.1 Å². The van der Waals surface area contributed by atoms with Gasteiger partial charge in [-0.2, -0.15) is 13.2 Å². The summed E-state index contributed by atoms with van der Waals surface area (Å²) in [6.07, 6.45) is -4.54. The maximum atomic E-state index is 13.0. The Morgan fingerprint density at radius 1 is 1.33 bits per heavy atom. The Kier molecular flexibility index (Phi) is 4.67. The van der Waals surface area contributed by atoms with Gasteiger partial charge in [0.25, 0.3) is 11.8 Å². The van der Waals surface area contributed by atoms with Crippen LogP contribution in [-0.2, 0) is 6.54 Å². The summed E-state index contributed by atoms with van der Waals surface area (Å²) >= 11 is 6.16. The van der Waals surface area contributed by atoms with E-state index in [9.17, 15) is 22.8 Å². The third kappa shape index (κ3) is 3.39. The molecule has 0 saturated heterocycles. The van der Waals surface area contributed by atoms with Gasteiger partial charge >= 0.3 is 6.18 Å². The number of halogens is 4. The molecule has 0 saturated carbocycles. The molecule has 0 radical (unpaired) electrons. The van der Waals surface area contributed by atoms with Gasteiger partial charge in [-0.1, -0.05) is 16.8 Å². The summed E-state index contributed by atoms with van der Waals surface area (Å²) in [5.74, 6) is -0.912. The summed E-state index contributed by atoms with van der Waals surface area (Å²) in [7, 11) is 3.12. The number of amides is 2. The van der Waals surface area contributed by atoms with Gasteiger partial charge in [-0.05, 0) is 24.6 Å². The molecule has 3 rings (SSSR count). The van der Waals surface area contributed by atoms with E-state index < -0.39 is 18.1 Å². The number of aromatic nitrogens is 1. The van der Waals surface area contributed by atoms with Crippen LogP contribution in [0, 0.1) is 0 Å². The summed E-state index contributed by atoms with van der Waals surface area (Å²) < 4.78 is 44.2. The van der Waals surface area contributed by atoms with Crippen molar-refractivity contribution in [2.45, 2.75) is 25.7 Å². The molecule has 2 heterocycles. The Labute approximate surface area is 157 Å². The lowest BCUT2D eigenvalue weighted by atomic mass is 10.0. The van der Waals surface area contributed by atoms with Gasteiger partial charge in [0.05, 0.1) is 10.6 Å². The highest BCUT2D eigenvalue weighted by Crippen LogP contribution is 2.37. The number of hydrogen-bond donors (Lipinski definition) is 0. The predicted molar refractivity (Wildman–Crippen MR) is 90.4 cm³/mol. The van der Waals surface area contributed by atoms with Crippen LogP contribution in [0.3, 0.4) is 0 Å². The number of fused-ring (bicyclic) bond motifs is 1. The average molecular weight is 402 g/mol. The number of alkyl halides is 3. The van der Waals surface area contributed by atoms with Crippen LogP contribution in [0.2, 0.25) is 5.02 Å². The summed E-state index contributed by atoms with van der Waals surface area (Å²) in [6.45, 7) is 0.703. The third-order valence-corrected chi connectivity index (χ3v) is 4.65. The molecule has 144 valence electrons. The van der Waals surface area contributed by atoms with E-state index >= 15 is 0 Å². The largest absolute Gasteiger partial charge is 0.408 e. The molecule has 27 heavy (non-hydrogen) atoms. The Hall–Kier alpha value is -2.55. The van der Waals surface area contributed by atoms with Crippen molar-refractivity contribution in [2.24, 2.45) is 0 Å². The van der Waals surface area contributed by atoms with Gasteiger partial charge in [0.15, 0.2) is 11.5 Å². The summed E-state index contributed by atoms with van der Waals surface area (Å²) in [6, 6.07) is 2.40. The van der Waals surface area contributed by atoms with Crippen molar-refractivity contribution in [3.05, 3.63) is 40.0 Å². The SMILES string of the molecule is C[C@H](N1Cc2cc(-c3cc(C(=O)N(C)C)no3)cc(Cl)c2C1=O)C(F)(F)F. The molecule has 1 aliphatic rings. The predicted octanol–water partition coefficient (Wildman–Crippen LogP) is 3.60. The van der Waals surface area contributed by atoms with Crippen molar-refractivity contribution in [1.82, 2.24) is 15.0 Å². The number of benzene rings is 1. The van der Waals surface area contributed by atoms with Crippen molar-refractivity contribution in [2.75, 3.05) is 14.1 Å². The number of hydrogen-bond acceptors (Lipinski definition) is 4. The minimum Gasteiger partial charge on any atom is -0.355 e. The highest BCUT2D eigenvalue weighted by molar-refractivity contribution is 6.34. The molecule has 0 spiro atoms. The van der Waals surface area contributed by atoms with Gasteiger partial charge in [-0.3, -0.25) is 9.59 Å². The van der Waals surface area contributed by atoms with Crippen LogP contribution < -0.4 is 0 Å². The number of carbonyl (C=O) groups is 2. The molecule has 1 aliphatic heterocycles. The Morgan fingerprint density at radius 3 is 2.59 bits per heavy atom. The van der Waals surface area contributed by atoms with E-state index in [0.717, 1.165) is 11.8 Å². The average Bonchev–Trinajstić information content (AvgIpc) is 3.17. The van der Waals surface area contributed by atoms with Crippen LogP contribution >= 0.6 is 11.6 Å². The first-order chi connectivity index (χ1) is 12.5. The monoisotopic (exact) mass is 401 g/mol. The van der Waals surface area contributed by atoms with Crippen molar-refractivity contribution < 1.29 is 27.3 Å². The lowest BCUT2D eigenvalue weighted by Crippen LogP contribution is -2.43. The highest BCUT2D eigenvalue weighted by atomic mass is 35.5. The quantitative estimate of drug-likeness (QED) is 0.788. The molecule has 2 amide bonds. The zero-order valence-electron chi connectivity index (χ0n) is 14.6. The first kappa shape index (κ1) is 19.2. The van der Waals surface area contributed by atoms with E-state index in [1.54, 1.807) is 14.1 Å². The smallest absolute Gasteiger partial charge is 0.355 e. The fourth-order valence-corrected chi connectivity index (χ4v) is 3.12. The van der Waals surface area contributed by atoms with Gasteiger partial charge in [0.1, 0.15) is 6.04 Å². The minimum absolute atomic E-state index is 0.0151. The van der Waals surface area contributed by atoms with Crippen LogP contribution in [0.1, 0.15) is 33.3 Å². The standard InChI is InChI=1S/C17H15ClF3N3O3/c1-8(17(19,20)21)24-7-10-4-9(5-11(18)14(10)16(24)26)13-6-12(22-27-13)15(25)23(2)3/h4-6,8H,7H2,1-3H3/t8-/m0/s1. The van der Waals surface area contributed by atoms with Crippen molar-refractivity contribution in [1.29, 1.82) is 0 Å². The molecule has 1 aromatic carbocycles. The summed E-state index contributed by atoms with van der Waals surface area (Å²) in [5, 5.41) is 3.71. The molecule has 6 nitrogen and oxygen atoms in total. The molecule has 0 aliphatic carbocycles. The van der Waals surface area contributed by atoms with Gasteiger partial charge in [-0.15, -0.1) is 0 Å². The van der Waals surface area contributed by atoms with Gasteiger partial charge in [-0.25, -0.2) is 0 Å². The molecule has 1 atom stereocenters. The van der Waals surface area contributed by atoms with E-state index in [-0.39, 0.29) is 34.5 Å². The molecular formula is C17H15ClF3N3O3. The summed E-state index contributed by atoms with van der Waals surface area (Å²) in [5.41, 5.74) is 0.893. The van der Waals surface area contributed by atoms with Crippen LogP contribution in [0.15, 0.2) is 22.7 Å². The van der Waals surface area contributed by atoms with Crippen molar-refractivity contribution in [3.8, 4) is 11.3 Å². The number of carbonyl (C=O) groups excluding carboxylic acids is 2. The van der Waals surface area contributed by atoms with Gasteiger partial charge in [0, 0.05) is 32.3 Å². The van der Waals surface area contributed by atoms with E-state index in [1.807, 2.05) is 0 Å². The minimum atomic E-state index is -4.54. The van der Waals surface area contributed by atoms with Crippen LogP contribution in [0.4, 0.5) is 13.2 Å². The molecule has 10 heteroatoms. The van der Waals surface area contributed by atoms with Gasteiger partial charge < -0.3 is 14.3 Å². The highest BCUT2D eigenvalue weighted by Gasteiger charge is 2.45. The topological polar surface area (TPSA) is 66.7 Å². The second kappa shape index (κ2) is 6.56. The summed E-state index contributed by atoms with van der Waals surface area (Å²) in [4.78, 5) is 26.3. The molecule has 2 aromatic rings. The van der Waals surface area contributed by atoms with Crippen molar-refractivity contribution in [3.63, 3.8) is 0 Å². The maximum Gasteiger partial charge on any atom is 0.408 e. The Bertz CT molecular complexity index is 924. The van der Waals surface area contributed by atoms with Crippen LogP contribution in [0.25, 0.3) is 11.3 Å². The van der Waals surface area contributed by atoms with Crippen LogP contribution in [0.5, 0.6) is 0 Å². The molecule has 0 fully saturated rings. The van der Waals surface area contributed by atoms with E-state index in [4.69, 9.17) is 16.1 Å². The first-order valence-electron chi connectivity index (χ1n) is 7.89. The third-order valence-electron chi connectivity index (χ3n) is 4.35. The Balaban J connectivity index is 1.96. The lowest BCUT2D eigenvalue weighted by molar-refractivity contribution is -0.172.